The number of hydrogen-bond acceptors (Lipinski definition) is 6. The lowest BCUT2D eigenvalue weighted by Crippen LogP contribution is -2.47. The second-order valence-electron chi connectivity index (χ2n) is 9.10. The van der Waals surface area contributed by atoms with Gasteiger partial charge in [0.1, 0.15) is 11.6 Å². The van der Waals surface area contributed by atoms with E-state index in [1.54, 1.807) is 75.4 Å². The molecule has 3 N–H and O–H groups in total. The van der Waals surface area contributed by atoms with Gasteiger partial charge in [-0.05, 0) is 39.2 Å². The molecule has 2 aromatic carbocycles. The van der Waals surface area contributed by atoms with Crippen molar-refractivity contribution in [2.75, 3.05) is 6.54 Å². The average Bonchev–Trinajstić information content (AvgIpc) is 3.04. The van der Waals surface area contributed by atoms with Crippen molar-refractivity contribution in [3.63, 3.8) is 0 Å². The Kier molecular flexibility index (Phi) is 7.46. The number of aliphatic carboxylic acids is 1. The highest BCUT2D eigenvalue weighted by Crippen LogP contribution is 2.46. The van der Waals surface area contributed by atoms with Crippen LogP contribution in [-0.2, 0) is 20.0 Å². The zero-order valence-corrected chi connectivity index (χ0v) is 19.4. The standard InChI is InChI=1S/C25H30N2O7/c1-24(2,3)34-22(30)26-19(21(28)29)15-10-16-27-23(31)33-20(17-11-6-4-7-12-17)25(27,32)18-13-8-5-9-14-18/h4-9,11-14,19-20,32H,10,15-16H2,1-3H3,(H,26,30)(H,28,29)/t19-,20?,25?/m0/s1. The number of carboxylic acid groups (broad SMARTS) is 1. The Morgan fingerprint density at radius 1 is 1.12 bits per heavy atom. The summed E-state index contributed by atoms with van der Waals surface area (Å²) in [7, 11) is 0. The van der Waals surface area contributed by atoms with Crippen LogP contribution in [0.1, 0.15) is 50.8 Å². The molecule has 34 heavy (non-hydrogen) atoms. The van der Waals surface area contributed by atoms with Gasteiger partial charge in [0.05, 0.1) is 0 Å². The predicted octanol–water partition coefficient (Wildman–Crippen LogP) is 3.78. The molecule has 0 radical (unpaired) electrons. The molecule has 1 aliphatic rings. The van der Waals surface area contributed by atoms with Crippen molar-refractivity contribution < 1.29 is 34.1 Å². The molecule has 0 aliphatic carbocycles. The summed E-state index contributed by atoms with van der Waals surface area (Å²) in [6.07, 6.45) is -2.34. The molecule has 0 bridgehead atoms. The summed E-state index contributed by atoms with van der Waals surface area (Å²) in [6, 6.07) is 16.4. The highest BCUT2D eigenvalue weighted by Gasteiger charge is 2.55. The number of carboxylic acids is 1. The van der Waals surface area contributed by atoms with Crippen LogP contribution in [0.2, 0.25) is 0 Å². The fraction of sp³-hybridized carbons (Fsp3) is 0.400. The maximum Gasteiger partial charge on any atom is 0.413 e. The largest absolute Gasteiger partial charge is 0.480 e. The van der Waals surface area contributed by atoms with E-state index in [4.69, 9.17) is 9.47 Å². The SMILES string of the molecule is CC(C)(C)OC(=O)N[C@@H](CCCN1C(=O)OC(c2ccccc2)C1(O)c1ccccc1)C(=O)O. The number of nitrogens with zero attached hydrogens (tertiary/aromatic N) is 1. The number of benzene rings is 2. The molecule has 2 aromatic rings. The fourth-order valence-electron chi connectivity index (χ4n) is 3.87. The van der Waals surface area contributed by atoms with Gasteiger partial charge >= 0.3 is 18.2 Å². The first-order valence-electron chi connectivity index (χ1n) is 11.1. The molecule has 0 aromatic heterocycles. The van der Waals surface area contributed by atoms with Crippen molar-refractivity contribution in [1.29, 1.82) is 0 Å². The summed E-state index contributed by atoms with van der Waals surface area (Å²) in [5.74, 6) is -1.23. The molecule has 2 unspecified atom stereocenters. The summed E-state index contributed by atoms with van der Waals surface area (Å²) < 4.78 is 10.7. The topological polar surface area (TPSA) is 125 Å². The van der Waals surface area contributed by atoms with Crippen LogP contribution in [0.5, 0.6) is 0 Å². The first kappa shape index (κ1) is 25.0. The molecule has 3 rings (SSSR count). The Morgan fingerprint density at radius 2 is 1.71 bits per heavy atom. The quantitative estimate of drug-likeness (QED) is 0.536. The molecule has 0 saturated carbocycles. The van der Waals surface area contributed by atoms with Gasteiger partial charge in [0.15, 0.2) is 6.10 Å². The third-order valence-corrected chi connectivity index (χ3v) is 5.38. The van der Waals surface area contributed by atoms with Crippen molar-refractivity contribution in [3.8, 4) is 0 Å². The van der Waals surface area contributed by atoms with Crippen LogP contribution in [0.25, 0.3) is 0 Å². The lowest BCUT2D eigenvalue weighted by molar-refractivity contribution is -0.139. The van der Waals surface area contributed by atoms with Gasteiger partial charge in [0.25, 0.3) is 0 Å². The zero-order valence-electron chi connectivity index (χ0n) is 19.4. The Morgan fingerprint density at radius 3 is 2.26 bits per heavy atom. The molecule has 1 saturated heterocycles. The van der Waals surface area contributed by atoms with Gasteiger partial charge in [-0.2, -0.15) is 0 Å². The van der Waals surface area contributed by atoms with Crippen LogP contribution in [0.4, 0.5) is 9.59 Å². The lowest BCUT2D eigenvalue weighted by Gasteiger charge is -2.35. The number of amides is 2. The van der Waals surface area contributed by atoms with E-state index in [0.717, 1.165) is 0 Å². The van der Waals surface area contributed by atoms with Gasteiger partial charge in [-0.25, -0.2) is 14.4 Å². The second-order valence-corrected chi connectivity index (χ2v) is 9.10. The highest BCUT2D eigenvalue weighted by molar-refractivity contribution is 5.80. The van der Waals surface area contributed by atoms with Gasteiger partial charge in [-0.1, -0.05) is 60.7 Å². The number of cyclic esters (lactones) is 1. The summed E-state index contributed by atoms with van der Waals surface area (Å²) in [5, 5.41) is 23.7. The van der Waals surface area contributed by atoms with Crippen LogP contribution < -0.4 is 5.32 Å². The van der Waals surface area contributed by atoms with Crippen molar-refractivity contribution in [1.82, 2.24) is 10.2 Å². The molecule has 0 spiro atoms. The molecule has 9 heteroatoms. The summed E-state index contributed by atoms with van der Waals surface area (Å²) in [6.45, 7) is 5.03. The Labute approximate surface area is 198 Å². The first-order valence-corrected chi connectivity index (χ1v) is 11.1. The number of ether oxygens (including phenoxy) is 2. The summed E-state index contributed by atoms with van der Waals surface area (Å²) in [4.78, 5) is 37.7. The lowest BCUT2D eigenvalue weighted by atomic mass is 9.91. The third kappa shape index (κ3) is 5.66. The number of alkyl carbamates (subject to hydrolysis) is 1. The maximum absolute atomic E-state index is 12.8. The molecule has 2 amide bonds. The Hall–Kier alpha value is -3.59. The van der Waals surface area contributed by atoms with Crippen LogP contribution in [0, 0.1) is 0 Å². The normalized spacial score (nSPS) is 21.0. The van der Waals surface area contributed by atoms with Gasteiger partial charge in [0.2, 0.25) is 5.72 Å². The zero-order chi connectivity index (χ0) is 24.9. The van der Waals surface area contributed by atoms with E-state index in [-0.39, 0.29) is 19.4 Å². The number of carbonyl (C=O) groups excluding carboxylic acids is 2. The highest BCUT2D eigenvalue weighted by atomic mass is 16.6. The smallest absolute Gasteiger partial charge is 0.413 e. The number of hydrogen-bond donors (Lipinski definition) is 3. The minimum absolute atomic E-state index is 0.00728. The molecular weight excluding hydrogens is 440 g/mol. The predicted molar refractivity (Wildman–Crippen MR) is 123 cm³/mol. The van der Waals surface area contributed by atoms with Crippen LogP contribution in [0.3, 0.4) is 0 Å². The minimum atomic E-state index is -1.79. The molecule has 182 valence electrons. The van der Waals surface area contributed by atoms with E-state index in [2.05, 4.69) is 5.32 Å². The van der Waals surface area contributed by atoms with Crippen molar-refractivity contribution in [2.24, 2.45) is 0 Å². The summed E-state index contributed by atoms with van der Waals surface area (Å²) >= 11 is 0. The van der Waals surface area contributed by atoms with E-state index < -0.39 is 41.6 Å². The maximum atomic E-state index is 12.8. The van der Waals surface area contributed by atoms with Gasteiger partial charge < -0.3 is 25.0 Å². The third-order valence-electron chi connectivity index (χ3n) is 5.38. The van der Waals surface area contributed by atoms with E-state index >= 15 is 0 Å². The van der Waals surface area contributed by atoms with Crippen LogP contribution >= 0.6 is 0 Å². The second kappa shape index (κ2) is 10.1. The van der Waals surface area contributed by atoms with Crippen LogP contribution in [0.15, 0.2) is 60.7 Å². The van der Waals surface area contributed by atoms with E-state index in [1.165, 1.54) is 4.90 Å². The van der Waals surface area contributed by atoms with Gasteiger partial charge in [-0.15, -0.1) is 0 Å². The van der Waals surface area contributed by atoms with Gasteiger partial charge in [-0.3, -0.25) is 4.90 Å². The van der Waals surface area contributed by atoms with Crippen molar-refractivity contribution in [3.05, 3.63) is 71.8 Å². The first-order chi connectivity index (χ1) is 16.0. The fourth-order valence-corrected chi connectivity index (χ4v) is 3.87. The molecular formula is C25H30N2O7. The minimum Gasteiger partial charge on any atom is -0.480 e. The van der Waals surface area contributed by atoms with Crippen LogP contribution in [-0.4, -0.2) is 51.5 Å². The van der Waals surface area contributed by atoms with Crippen molar-refractivity contribution in [2.45, 2.75) is 57.1 Å². The van der Waals surface area contributed by atoms with Crippen molar-refractivity contribution >= 4 is 18.2 Å². The monoisotopic (exact) mass is 470 g/mol. The number of rotatable bonds is 8. The summed E-state index contributed by atoms with van der Waals surface area (Å²) in [5.41, 5.74) is -1.47. The molecule has 1 aliphatic heterocycles. The van der Waals surface area contributed by atoms with E-state index in [0.29, 0.717) is 11.1 Å². The number of nitrogens with one attached hydrogen (secondary N) is 1. The Bertz CT molecular complexity index is 1010. The molecule has 3 atom stereocenters. The molecule has 9 nitrogen and oxygen atoms in total. The average molecular weight is 471 g/mol. The molecule has 1 heterocycles. The Balaban J connectivity index is 1.77. The number of aliphatic hydroxyl groups is 1. The van der Waals surface area contributed by atoms with E-state index in [9.17, 15) is 24.6 Å². The van der Waals surface area contributed by atoms with E-state index in [1.807, 2.05) is 6.07 Å². The number of carbonyl (C=O) groups is 3. The van der Waals surface area contributed by atoms with Gasteiger partial charge in [0, 0.05) is 12.1 Å². The molecule has 1 fully saturated rings.